The van der Waals surface area contributed by atoms with Gasteiger partial charge in [0.2, 0.25) is 0 Å². The highest BCUT2D eigenvalue weighted by Crippen LogP contribution is 2.19. The predicted molar refractivity (Wildman–Crippen MR) is 52.8 cm³/mol. The number of nitrogens with zero attached hydrogens (tertiary/aromatic N) is 2. The Morgan fingerprint density at radius 2 is 2.23 bits per heavy atom. The second-order valence-corrected chi connectivity index (χ2v) is 3.15. The third kappa shape index (κ3) is 1.65. The van der Waals surface area contributed by atoms with Crippen molar-refractivity contribution >= 4 is 11.6 Å². The maximum Gasteiger partial charge on any atom is 0.114 e. The first-order chi connectivity index (χ1) is 6.25. The minimum atomic E-state index is 0.698. The van der Waals surface area contributed by atoms with E-state index in [-0.39, 0.29) is 0 Å². The van der Waals surface area contributed by atoms with E-state index in [4.69, 9.17) is 17.4 Å². The Morgan fingerprint density at radius 3 is 2.85 bits per heavy atom. The molecule has 1 aromatic heterocycles. The molecule has 4 heteroatoms. The maximum atomic E-state index is 5.84. The van der Waals surface area contributed by atoms with Crippen LogP contribution >= 0.6 is 11.6 Å². The molecule has 0 atom stereocenters. The first-order valence-electron chi connectivity index (χ1n) is 3.81. The third-order valence-electron chi connectivity index (χ3n) is 1.72. The van der Waals surface area contributed by atoms with E-state index in [1.807, 2.05) is 24.3 Å². The second-order valence-electron chi connectivity index (χ2n) is 2.72. The summed E-state index contributed by atoms with van der Waals surface area (Å²) in [6, 6.07) is 7.50. The monoisotopic (exact) mass is 193 g/mol. The Balaban J connectivity index is 2.46. The molecule has 13 heavy (non-hydrogen) atoms. The van der Waals surface area contributed by atoms with Crippen molar-refractivity contribution < 1.29 is 0 Å². The summed E-state index contributed by atoms with van der Waals surface area (Å²) in [5.74, 6) is 5.48. The van der Waals surface area contributed by atoms with Crippen molar-refractivity contribution in [2.24, 2.45) is 0 Å². The third-order valence-corrected chi connectivity index (χ3v) is 1.96. The zero-order chi connectivity index (χ0) is 9.26. The van der Waals surface area contributed by atoms with Crippen molar-refractivity contribution in [2.45, 2.75) is 0 Å². The summed E-state index contributed by atoms with van der Waals surface area (Å²) in [6.45, 7) is 0. The molecule has 0 bridgehead atoms. The molecule has 0 aliphatic rings. The van der Waals surface area contributed by atoms with Crippen LogP contribution in [0, 0.1) is 0 Å². The van der Waals surface area contributed by atoms with Crippen LogP contribution in [0.3, 0.4) is 0 Å². The molecule has 66 valence electrons. The van der Waals surface area contributed by atoms with E-state index < -0.39 is 0 Å². The Morgan fingerprint density at radius 1 is 1.38 bits per heavy atom. The molecule has 0 fully saturated rings. The number of aromatic nitrogens is 2. The number of rotatable bonds is 1. The molecule has 0 saturated heterocycles. The standard InChI is InChI=1S/C9H8ClN3/c10-8-3-1-2-7(4-8)9-5-13(11)6-12-9/h1-6H,11H2. The van der Waals surface area contributed by atoms with E-state index in [9.17, 15) is 0 Å². The molecule has 1 heterocycles. The summed E-state index contributed by atoms with van der Waals surface area (Å²) in [5, 5.41) is 0.698. The van der Waals surface area contributed by atoms with Crippen molar-refractivity contribution in [1.82, 2.24) is 9.66 Å². The van der Waals surface area contributed by atoms with E-state index in [0.717, 1.165) is 11.3 Å². The van der Waals surface area contributed by atoms with Crippen LogP contribution < -0.4 is 5.84 Å². The predicted octanol–water partition coefficient (Wildman–Crippen LogP) is 1.92. The van der Waals surface area contributed by atoms with Gasteiger partial charge in [-0.15, -0.1) is 0 Å². The molecule has 3 nitrogen and oxygen atoms in total. The molecular formula is C9H8ClN3. The van der Waals surface area contributed by atoms with Crippen LogP contribution in [0.25, 0.3) is 11.3 Å². The highest BCUT2D eigenvalue weighted by atomic mass is 35.5. The summed E-state index contributed by atoms with van der Waals surface area (Å²) < 4.78 is 1.41. The van der Waals surface area contributed by atoms with Gasteiger partial charge in [0.05, 0.1) is 11.9 Å². The summed E-state index contributed by atoms with van der Waals surface area (Å²) >= 11 is 5.84. The average molecular weight is 194 g/mol. The fourth-order valence-corrected chi connectivity index (χ4v) is 1.32. The normalized spacial score (nSPS) is 10.2. The summed E-state index contributed by atoms with van der Waals surface area (Å²) in [7, 11) is 0. The van der Waals surface area contributed by atoms with Gasteiger partial charge in [-0.3, -0.25) is 4.68 Å². The van der Waals surface area contributed by atoms with Crippen molar-refractivity contribution in [3.05, 3.63) is 41.8 Å². The number of nitrogens with two attached hydrogens (primary N) is 1. The summed E-state index contributed by atoms with van der Waals surface area (Å²) in [5.41, 5.74) is 1.79. The van der Waals surface area contributed by atoms with Crippen LogP contribution in [0.2, 0.25) is 5.02 Å². The highest BCUT2D eigenvalue weighted by Gasteiger charge is 2.00. The van der Waals surface area contributed by atoms with E-state index in [1.165, 1.54) is 4.68 Å². The molecule has 0 amide bonds. The number of halogens is 1. The SMILES string of the molecule is Nn1cnc(-c2cccc(Cl)c2)c1. The lowest BCUT2D eigenvalue weighted by Gasteiger charge is -1.95. The lowest BCUT2D eigenvalue weighted by Crippen LogP contribution is -2.02. The first kappa shape index (κ1) is 8.13. The lowest BCUT2D eigenvalue weighted by atomic mass is 10.2. The fraction of sp³-hybridized carbons (Fsp3) is 0. The summed E-state index contributed by atoms with van der Waals surface area (Å²) in [6.07, 6.45) is 3.29. The Hall–Kier alpha value is -1.48. The van der Waals surface area contributed by atoms with Gasteiger partial charge in [-0.1, -0.05) is 23.7 Å². The Bertz CT molecular complexity index is 422. The molecule has 1 aromatic carbocycles. The van der Waals surface area contributed by atoms with Gasteiger partial charge in [0.1, 0.15) is 6.33 Å². The highest BCUT2D eigenvalue weighted by molar-refractivity contribution is 6.30. The van der Waals surface area contributed by atoms with Gasteiger partial charge < -0.3 is 5.84 Å². The van der Waals surface area contributed by atoms with Crippen LogP contribution in [0.5, 0.6) is 0 Å². The smallest absolute Gasteiger partial charge is 0.114 e. The van der Waals surface area contributed by atoms with Crippen LogP contribution in [0.15, 0.2) is 36.8 Å². The largest absolute Gasteiger partial charge is 0.338 e. The molecule has 2 aromatic rings. The number of hydrogen-bond acceptors (Lipinski definition) is 2. The van der Waals surface area contributed by atoms with Gasteiger partial charge in [0.25, 0.3) is 0 Å². The van der Waals surface area contributed by atoms with Crippen molar-refractivity contribution in [1.29, 1.82) is 0 Å². The van der Waals surface area contributed by atoms with Gasteiger partial charge in [-0.05, 0) is 12.1 Å². The van der Waals surface area contributed by atoms with Crippen molar-refractivity contribution in [3.63, 3.8) is 0 Å². The molecular weight excluding hydrogens is 186 g/mol. The van der Waals surface area contributed by atoms with E-state index in [0.29, 0.717) is 5.02 Å². The lowest BCUT2D eigenvalue weighted by molar-refractivity contribution is 1.00. The Kier molecular flexibility index (Phi) is 1.94. The van der Waals surface area contributed by atoms with Crippen LogP contribution in [-0.2, 0) is 0 Å². The summed E-state index contributed by atoms with van der Waals surface area (Å²) in [4.78, 5) is 4.11. The zero-order valence-corrected chi connectivity index (χ0v) is 7.57. The van der Waals surface area contributed by atoms with Crippen molar-refractivity contribution in [2.75, 3.05) is 5.84 Å². The van der Waals surface area contributed by atoms with Gasteiger partial charge in [-0.2, -0.15) is 0 Å². The molecule has 0 unspecified atom stereocenters. The molecule has 0 aliphatic heterocycles. The van der Waals surface area contributed by atoms with Crippen LogP contribution in [0.1, 0.15) is 0 Å². The van der Waals surface area contributed by atoms with E-state index in [2.05, 4.69) is 4.98 Å². The van der Waals surface area contributed by atoms with E-state index in [1.54, 1.807) is 12.5 Å². The fourth-order valence-electron chi connectivity index (χ4n) is 1.13. The number of benzene rings is 1. The second kappa shape index (κ2) is 3.11. The number of nitrogen functional groups attached to an aromatic ring is 1. The zero-order valence-electron chi connectivity index (χ0n) is 6.81. The molecule has 2 rings (SSSR count). The molecule has 2 N–H and O–H groups in total. The topological polar surface area (TPSA) is 43.8 Å². The molecule has 0 aliphatic carbocycles. The van der Waals surface area contributed by atoms with Gasteiger partial charge in [-0.25, -0.2) is 4.98 Å². The quantitative estimate of drug-likeness (QED) is 0.704. The van der Waals surface area contributed by atoms with E-state index >= 15 is 0 Å². The number of imidazole rings is 1. The van der Waals surface area contributed by atoms with Crippen LogP contribution in [0.4, 0.5) is 0 Å². The van der Waals surface area contributed by atoms with Gasteiger partial charge in [0, 0.05) is 10.6 Å². The minimum Gasteiger partial charge on any atom is -0.338 e. The first-order valence-corrected chi connectivity index (χ1v) is 4.18. The maximum absolute atomic E-state index is 5.84. The van der Waals surface area contributed by atoms with Crippen LogP contribution in [-0.4, -0.2) is 9.66 Å². The minimum absolute atomic E-state index is 0.698. The Labute approximate surface area is 80.7 Å². The van der Waals surface area contributed by atoms with Gasteiger partial charge >= 0.3 is 0 Å². The van der Waals surface area contributed by atoms with Gasteiger partial charge in [0.15, 0.2) is 0 Å². The number of hydrogen-bond donors (Lipinski definition) is 1. The average Bonchev–Trinajstić information content (AvgIpc) is 2.52. The molecule has 0 radical (unpaired) electrons. The van der Waals surface area contributed by atoms with Crippen molar-refractivity contribution in [3.8, 4) is 11.3 Å². The molecule has 0 saturated carbocycles. The molecule has 0 spiro atoms.